The lowest BCUT2D eigenvalue weighted by atomic mass is 10.3. The SMILES string of the molecule is CCNC(C)c1nnnn1-c1ccc(Cl)cc1Br. The Morgan fingerprint density at radius 1 is 1.50 bits per heavy atom. The smallest absolute Gasteiger partial charge is 0.173 e. The fourth-order valence-electron chi connectivity index (χ4n) is 1.69. The first-order chi connectivity index (χ1) is 8.63. The third kappa shape index (κ3) is 2.71. The van der Waals surface area contributed by atoms with Crippen molar-refractivity contribution in [3.8, 4) is 5.69 Å². The van der Waals surface area contributed by atoms with E-state index in [-0.39, 0.29) is 6.04 Å². The molecule has 1 aromatic heterocycles. The van der Waals surface area contributed by atoms with Gasteiger partial charge in [0.1, 0.15) is 0 Å². The Morgan fingerprint density at radius 3 is 2.94 bits per heavy atom. The lowest BCUT2D eigenvalue weighted by molar-refractivity contribution is 0.550. The van der Waals surface area contributed by atoms with E-state index in [0.29, 0.717) is 5.02 Å². The molecule has 0 spiro atoms. The van der Waals surface area contributed by atoms with Crippen LogP contribution >= 0.6 is 27.5 Å². The highest BCUT2D eigenvalue weighted by molar-refractivity contribution is 9.10. The van der Waals surface area contributed by atoms with Gasteiger partial charge in [-0.15, -0.1) is 5.10 Å². The molecule has 0 fully saturated rings. The van der Waals surface area contributed by atoms with Crippen molar-refractivity contribution in [1.29, 1.82) is 0 Å². The van der Waals surface area contributed by atoms with E-state index in [1.807, 2.05) is 32.0 Å². The minimum absolute atomic E-state index is 0.0765. The quantitative estimate of drug-likeness (QED) is 0.936. The van der Waals surface area contributed by atoms with Crippen LogP contribution in [-0.4, -0.2) is 26.8 Å². The standard InChI is InChI=1S/C11H13BrClN5/c1-3-14-7(2)11-15-16-17-18(11)10-5-4-8(13)6-9(10)12/h4-7,14H,3H2,1-2H3. The number of aromatic nitrogens is 4. The van der Waals surface area contributed by atoms with E-state index in [9.17, 15) is 0 Å². The Morgan fingerprint density at radius 2 is 2.28 bits per heavy atom. The van der Waals surface area contributed by atoms with E-state index in [0.717, 1.165) is 22.5 Å². The Balaban J connectivity index is 2.42. The molecule has 7 heteroatoms. The van der Waals surface area contributed by atoms with Gasteiger partial charge >= 0.3 is 0 Å². The van der Waals surface area contributed by atoms with E-state index in [4.69, 9.17) is 11.6 Å². The first-order valence-corrected chi connectivity index (χ1v) is 6.77. The van der Waals surface area contributed by atoms with Gasteiger partial charge in [0.2, 0.25) is 0 Å². The van der Waals surface area contributed by atoms with Crippen molar-refractivity contribution in [1.82, 2.24) is 25.5 Å². The van der Waals surface area contributed by atoms with Crippen LogP contribution in [-0.2, 0) is 0 Å². The van der Waals surface area contributed by atoms with Crippen LogP contribution in [0.3, 0.4) is 0 Å². The van der Waals surface area contributed by atoms with Crippen LogP contribution in [0.5, 0.6) is 0 Å². The maximum Gasteiger partial charge on any atom is 0.173 e. The lowest BCUT2D eigenvalue weighted by Crippen LogP contribution is -2.21. The van der Waals surface area contributed by atoms with Gasteiger partial charge in [-0.2, -0.15) is 4.68 Å². The Labute approximate surface area is 119 Å². The summed E-state index contributed by atoms with van der Waals surface area (Å²) in [5.41, 5.74) is 0.865. The number of benzene rings is 1. The van der Waals surface area contributed by atoms with Gasteiger partial charge in [0.05, 0.1) is 11.7 Å². The first kappa shape index (κ1) is 13.5. The normalized spacial score (nSPS) is 12.7. The minimum atomic E-state index is 0.0765. The summed E-state index contributed by atoms with van der Waals surface area (Å²) in [6, 6.07) is 5.59. The molecule has 0 aliphatic rings. The zero-order valence-corrected chi connectivity index (χ0v) is 12.4. The van der Waals surface area contributed by atoms with Gasteiger partial charge in [-0.1, -0.05) is 18.5 Å². The maximum absolute atomic E-state index is 5.93. The fraction of sp³-hybridized carbons (Fsp3) is 0.364. The summed E-state index contributed by atoms with van der Waals surface area (Å²) in [7, 11) is 0. The summed E-state index contributed by atoms with van der Waals surface area (Å²) in [5, 5.41) is 15.8. The van der Waals surface area contributed by atoms with Gasteiger partial charge < -0.3 is 5.32 Å². The molecule has 1 heterocycles. The van der Waals surface area contributed by atoms with Gasteiger partial charge in [-0.3, -0.25) is 0 Å². The molecular formula is C11H13BrClN5. The largest absolute Gasteiger partial charge is 0.308 e. The molecule has 0 aliphatic carbocycles. The highest BCUT2D eigenvalue weighted by Gasteiger charge is 2.16. The van der Waals surface area contributed by atoms with Gasteiger partial charge in [-0.05, 0) is 58.0 Å². The van der Waals surface area contributed by atoms with Crippen molar-refractivity contribution in [2.24, 2.45) is 0 Å². The van der Waals surface area contributed by atoms with Gasteiger partial charge in [0, 0.05) is 9.50 Å². The van der Waals surface area contributed by atoms with Crippen LogP contribution in [0.4, 0.5) is 0 Å². The number of halogens is 2. The van der Waals surface area contributed by atoms with Crippen LogP contribution in [0.15, 0.2) is 22.7 Å². The second kappa shape index (κ2) is 5.77. The molecule has 18 heavy (non-hydrogen) atoms. The highest BCUT2D eigenvalue weighted by Crippen LogP contribution is 2.25. The topological polar surface area (TPSA) is 55.6 Å². The molecule has 2 aromatic rings. The van der Waals surface area contributed by atoms with Crippen molar-refractivity contribution in [2.75, 3.05) is 6.54 Å². The molecule has 5 nitrogen and oxygen atoms in total. The zero-order valence-electron chi connectivity index (χ0n) is 10.1. The van der Waals surface area contributed by atoms with Gasteiger partial charge in [0.25, 0.3) is 0 Å². The monoisotopic (exact) mass is 329 g/mol. The number of hydrogen-bond donors (Lipinski definition) is 1. The Hall–Kier alpha value is -0.980. The van der Waals surface area contributed by atoms with Gasteiger partial charge in [-0.25, -0.2) is 0 Å². The molecule has 2 rings (SSSR count). The van der Waals surface area contributed by atoms with E-state index >= 15 is 0 Å². The molecule has 1 atom stereocenters. The average molecular weight is 331 g/mol. The highest BCUT2D eigenvalue weighted by atomic mass is 79.9. The number of hydrogen-bond acceptors (Lipinski definition) is 4. The zero-order chi connectivity index (χ0) is 13.1. The van der Waals surface area contributed by atoms with Crippen LogP contribution in [0, 0.1) is 0 Å². The summed E-state index contributed by atoms with van der Waals surface area (Å²) in [5.74, 6) is 0.764. The van der Waals surface area contributed by atoms with Crippen molar-refractivity contribution >= 4 is 27.5 Å². The lowest BCUT2D eigenvalue weighted by Gasteiger charge is -2.13. The molecule has 1 aromatic carbocycles. The Bertz CT molecular complexity index is 542. The molecule has 1 N–H and O–H groups in total. The average Bonchev–Trinajstić information content (AvgIpc) is 2.78. The number of tetrazole rings is 1. The van der Waals surface area contributed by atoms with Crippen molar-refractivity contribution in [2.45, 2.75) is 19.9 Å². The molecule has 0 saturated heterocycles. The third-order valence-corrected chi connectivity index (χ3v) is 3.40. The molecule has 0 amide bonds. The molecule has 96 valence electrons. The molecule has 1 unspecified atom stereocenters. The predicted molar refractivity (Wildman–Crippen MR) is 74.0 cm³/mol. The number of nitrogens with one attached hydrogen (secondary N) is 1. The molecule has 0 aliphatic heterocycles. The summed E-state index contributed by atoms with van der Waals surface area (Å²) in [4.78, 5) is 0. The Kier molecular flexibility index (Phi) is 4.31. The third-order valence-electron chi connectivity index (χ3n) is 2.53. The summed E-state index contributed by atoms with van der Waals surface area (Å²) < 4.78 is 2.56. The van der Waals surface area contributed by atoms with E-state index < -0.39 is 0 Å². The van der Waals surface area contributed by atoms with E-state index in [2.05, 4.69) is 36.8 Å². The molecule has 0 radical (unpaired) electrons. The van der Waals surface area contributed by atoms with Crippen molar-refractivity contribution < 1.29 is 0 Å². The maximum atomic E-state index is 5.93. The van der Waals surface area contributed by atoms with Gasteiger partial charge in [0.15, 0.2) is 5.82 Å². The summed E-state index contributed by atoms with van der Waals surface area (Å²) in [6.07, 6.45) is 0. The number of rotatable bonds is 4. The van der Waals surface area contributed by atoms with Crippen LogP contribution in [0.2, 0.25) is 5.02 Å². The second-order valence-electron chi connectivity index (χ2n) is 3.82. The predicted octanol–water partition coefficient (Wildman–Crippen LogP) is 2.75. The second-order valence-corrected chi connectivity index (χ2v) is 5.11. The molecule has 0 bridgehead atoms. The van der Waals surface area contributed by atoms with E-state index in [1.165, 1.54) is 0 Å². The van der Waals surface area contributed by atoms with Crippen molar-refractivity contribution in [3.63, 3.8) is 0 Å². The number of nitrogens with zero attached hydrogens (tertiary/aromatic N) is 4. The van der Waals surface area contributed by atoms with Crippen molar-refractivity contribution in [3.05, 3.63) is 33.5 Å². The summed E-state index contributed by atoms with van der Waals surface area (Å²) in [6.45, 7) is 4.92. The van der Waals surface area contributed by atoms with Crippen LogP contribution in [0.1, 0.15) is 25.7 Å². The fourth-order valence-corrected chi connectivity index (χ4v) is 2.54. The van der Waals surface area contributed by atoms with E-state index in [1.54, 1.807) is 4.68 Å². The summed E-state index contributed by atoms with van der Waals surface area (Å²) >= 11 is 9.40. The van der Waals surface area contributed by atoms with Crippen LogP contribution < -0.4 is 5.32 Å². The minimum Gasteiger partial charge on any atom is -0.308 e. The molecular weight excluding hydrogens is 318 g/mol. The van der Waals surface area contributed by atoms with Crippen LogP contribution in [0.25, 0.3) is 5.69 Å². The molecule has 0 saturated carbocycles. The first-order valence-electron chi connectivity index (χ1n) is 5.60.